The van der Waals surface area contributed by atoms with Crippen LogP contribution in [0.15, 0.2) is 77.8 Å². The van der Waals surface area contributed by atoms with E-state index in [0.717, 1.165) is 36.0 Å². The number of fused-ring (bicyclic) bond motifs is 2. The number of hydrogen-bond acceptors (Lipinski definition) is 6. The Labute approximate surface area is 239 Å². The van der Waals surface area contributed by atoms with Crippen molar-refractivity contribution >= 4 is 35.1 Å². The molecule has 2 aliphatic rings. The molecule has 2 aliphatic heterocycles. The average Bonchev–Trinajstić information content (AvgIpc) is 3.29. The minimum Gasteiger partial charge on any atom is -0.492 e. The van der Waals surface area contributed by atoms with Crippen LogP contribution in [0.1, 0.15) is 42.4 Å². The summed E-state index contributed by atoms with van der Waals surface area (Å²) in [5.41, 5.74) is 3.70. The van der Waals surface area contributed by atoms with Crippen LogP contribution in [-0.4, -0.2) is 51.9 Å². The fourth-order valence-corrected chi connectivity index (χ4v) is 5.26. The summed E-state index contributed by atoms with van der Waals surface area (Å²) in [6, 6.07) is 23.0. The smallest absolute Gasteiger partial charge is 0.251 e. The molecule has 1 saturated heterocycles. The van der Waals surface area contributed by atoms with E-state index >= 15 is 0 Å². The van der Waals surface area contributed by atoms with Gasteiger partial charge in [-0.25, -0.2) is 4.99 Å². The molecule has 1 atom stereocenters. The number of unbranched alkanes of at least 4 members (excludes halogenated alkanes) is 2. The first-order chi connectivity index (χ1) is 19.5. The van der Waals surface area contributed by atoms with E-state index in [9.17, 15) is 14.7 Å². The first-order valence-corrected chi connectivity index (χ1v) is 14.0. The second-order valence-electron chi connectivity index (χ2n) is 10.0. The maximum absolute atomic E-state index is 13.2. The molecule has 2 heterocycles. The van der Waals surface area contributed by atoms with Gasteiger partial charge in [-0.3, -0.25) is 14.9 Å². The molecule has 40 heavy (non-hydrogen) atoms. The largest absolute Gasteiger partial charge is 0.492 e. The molecular formula is C31H33ClN4O4. The van der Waals surface area contributed by atoms with E-state index in [-0.39, 0.29) is 18.4 Å². The number of carbonyl (C=O) groups excluding carboxylic acids is 2. The van der Waals surface area contributed by atoms with E-state index in [1.165, 1.54) is 0 Å². The predicted octanol–water partition coefficient (Wildman–Crippen LogP) is 4.80. The molecule has 0 spiro atoms. The van der Waals surface area contributed by atoms with Gasteiger partial charge in [0.2, 0.25) is 11.9 Å². The van der Waals surface area contributed by atoms with Crippen LogP contribution in [0.4, 0.5) is 5.69 Å². The SMILES string of the molecule is O=C1NC2=Nc3ccc(Cl)c(OCCCCCC(=O)N(Cc4ccccc4)Cc4ccccc4)c3CN2C1CO. The number of benzene rings is 3. The van der Waals surface area contributed by atoms with Gasteiger partial charge in [0, 0.05) is 25.1 Å². The van der Waals surface area contributed by atoms with Gasteiger partial charge in [-0.15, -0.1) is 0 Å². The highest BCUT2D eigenvalue weighted by molar-refractivity contribution is 6.32. The minimum absolute atomic E-state index is 0.134. The number of nitrogens with one attached hydrogen (secondary N) is 1. The summed E-state index contributed by atoms with van der Waals surface area (Å²) in [6.07, 6.45) is 2.83. The van der Waals surface area contributed by atoms with Gasteiger partial charge in [-0.1, -0.05) is 72.3 Å². The fraction of sp³-hybridized carbons (Fsp3) is 0.323. The van der Waals surface area contributed by atoms with Gasteiger partial charge in [0.15, 0.2) is 0 Å². The molecule has 2 amide bonds. The molecule has 2 N–H and O–H groups in total. The standard InChI is InChI=1S/C31H33ClN4O4/c32-25-15-16-26-24(20-36-27(21-37)30(39)34-31(36)33-26)29(25)40-17-9-3-8-14-28(38)35(18-22-10-4-1-5-11-22)19-23-12-6-2-7-13-23/h1-2,4-7,10-13,15-16,27,37H,3,8-9,14,17-21H2,(H,33,34,39). The summed E-state index contributed by atoms with van der Waals surface area (Å²) in [6.45, 7) is 1.66. The summed E-state index contributed by atoms with van der Waals surface area (Å²) in [4.78, 5) is 33.5. The molecule has 9 heteroatoms. The average molecular weight is 561 g/mol. The zero-order valence-electron chi connectivity index (χ0n) is 22.3. The zero-order chi connectivity index (χ0) is 27.9. The maximum atomic E-state index is 13.2. The van der Waals surface area contributed by atoms with E-state index in [2.05, 4.69) is 10.3 Å². The molecular weight excluding hydrogens is 528 g/mol. The Morgan fingerprint density at radius 2 is 1.68 bits per heavy atom. The highest BCUT2D eigenvalue weighted by atomic mass is 35.5. The highest BCUT2D eigenvalue weighted by Crippen LogP contribution is 2.40. The lowest BCUT2D eigenvalue weighted by Crippen LogP contribution is -2.39. The Kier molecular flexibility index (Phi) is 8.98. The number of amides is 2. The van der Waals surface area contributed by atoms with E-state index < -0.39 is 6.04 Å². The Balaban J connectivity index is 1.13. The lowest BCUT2D eigenvalue weighted by atomic mass is 10.1. The van der Waals surface area contributed by atoms with Crippen LogP contribution in [0.25, 0.3) is 0 Å². The Bertz CT molecular complexity index is 1330. The molecule has 1 unspecified atom stereocenters. The second-order valence-corrected chi connectivity index (χ2v) is 10.4. The molecule has 208 valence electrons. The van der Waals surface area contributed by atoms with Crippen molar-refractivity contribution in [3.8, 4) is 5.75 Å². The topological polar surface area (TPSA) is 94.5 Å². The third kappa shape index (κ3) is 6.46. The van der Waals surface area contributed by atoms with Crippen LogP contribution < -0.4 is 10.1 Å². The highest BCUT2D eigenvalue weighted by Gasteiger charge is 2.39. The number of ether oxygens (including phenoxy) is 1. The summed E-state index contributed by atoms with van der Waals surface area (Å²) in [7, 11) is 0. The van der Waals surface area contributed by atoms with Crippen molar-refractivity contribution in [2.45, 2.75) is 51.4 Å². The van der Waals surface area contributed by atoms with Crippen molar-refractivity contribution < 1.29 is 19.4 Å². The molecule has 5 rings (SSSR count). The van der Waals surface area contributed by atoms with Crippen molar-refractivity contribution in [2.24, 2.45) is 4.99 Å². The lowest BCUT2D eigenvalue weighted by Gasteiger charge is -2.28. The normalized spacial score (nSPS) is 15.7. The predicted molar refractivity (Wildman–Crippen MR) is 154 cm³/mol. The van der Waals surface area contributed by atoms with Crippen molar-refractivity contribution in [1.82, 2.24) is 15.1 Å². The Hall–Kier alpha value is -3.88. The Morgan fingerprint density at radius 3 is 2.33 bits per heavy atom. The molecule has 1 fully saturated rings. The van der Waals surface area contributed by atoms with Gasteiger partial charge >= 0.3 is 0 Å². The molecule has 0 aromatic heterocycles. The molecule has 0 saturated carbocycles. The van der Waals surface area contributed by atoms with Crippen LogP contribution in [0.5, 0.6) is 5.75 Å². The molecule has 0 bridgehead atoms. The summed E-state index contributed by atoms with van der Waals surface area (Å²) in [5.74, 6) is 0.840. The summed E-state index contributed by atoms with van der Waals surface area (Å²) >= 11 is 6.48. The number of aliphatic hydroxyl groups excluding tert-OH is 1. The van der Waals surface area contributed by atoms with Crippen molar-refractivity contribution in [3.05, 3.63) is 94.5 Å². The number of nitrogens with zero attached hydrogens (tertiary/aromatic N) is 3. The molecule has 3 aromatic rings. The maximum Gasteiger partial charge on any atom is 0.251 e. The number of guanidine groups is 1. The first-order valence-electron chi connectivity index (χ1n) is 13.6. The monoisotopic (exact) mass is 560 g/mol. The number of carbonyl (C=O) groups is 2. The number of hydrogen-bond donors (Lipinski definition) is 2. The molecule has 0 radical (unpaired) electrons. The van der Waals surface area contributed by atoms with Crippen LogP contribution in [0.3, 0.4) is 0 Å². The lowest BCUT2D eigenvalue weighted by molar-refractivity contribution is -0.132. The van der Waals surface area contributed by atoms with E-state index in [1.807, 2.05) is 65.6 Å². The van der Waals surface area contributed by atoms with Gasteiger partial charge in [-0.05, 0) is 42.5 Å². The van der Waals surface area contributed by atoms with Crippen LogP contribution in [0, 0.1) is 0 Å². The van der Waals surface area contributed by atoms with E-state index in [0.29, 0.717) is 55.1 Å². The van der Waals surface area contributed by atoms with Crippen molar-refractivity contribution in [1.29, 1.82) is 0 Å². The van der Waals surface area contributed by atoms with Gasteiger partial charge in [0.05, 0.1) is 30.5 Å². The van der Waals surface area contributed by atoms with E-state index in [1.54, 1.807) is 17.0 Å². The van der Waals surface area contributed by atoms with Gasteiger partial charge < -0.3 is 19.6 Å². The fourth-order valence-electron chi connectivity index (χ4n) is 5.03. The van der Waals surface area contributed by atoms with Crippen LogP contribution in [0.2, 0.25) is 5.02 Å². The third-order valence-electron chi connectivity index (χ3n) is 7.17. The van der Waals surface area contributed by atoms with Gasteiger partial charge in [0.1, 0.15) is 11.8 Å². The zero-order valence-corrected chi connectivity index (χ0v) is 23.0. The van der Waals surface area contributed by atoms with Crippen molar-refractivity contribution in [3.63, 3.8) is 0 Å². The summed E-state index contributed by atoms with van der Waals surface area (Å²) in [5, 5.41) is 12.8. The van der Waals surface area contributed by atoms with Crippen molar-refractivity contribution in [2.75, 3.05) is 13.2 Å². The van der Waals surface area contributed by atoms with E-state index in [4.69, 9.17) is 16.3 Å². The number of rotatable bonds is 12. The summed E-state index contributed by atoms with van der Waals surface area (Å²) < 4.78 is 6.10. The van der Waals surface area contributed by atoms with Crippen LogP contribution in [-0.2, 0) is 29.2 Å². The third-order valence-corrected chi connectivity index (χ3v) is 7.47. The second kappa shape index (κ2) is 13.0. The molecule has 3 aromatic carbocycles. The quantitative estimate of drug-likeness (QED) is 0.310. The van der Waals surface area contributed by atoms with Gasteiger partial charge in [0.25, 0.3) is 5.91 Å². The first kappa shape index (κ1) is 27.7. The Morgan fingerprint density at radius 1 is 1.00 bits per heavy atom. The minimum atomic E-state index is -0.681. The molecule has 0 aliphatic carbocycles. The van der Waals surface area contributed by atoms with Crippen LogP contribution >= 0.6 is 11.6 Å². The number of aliphatic hydroxyl groups is 1. The van der Waals surface area contributed by atoms with Gasteiger partial charge in [-0.2, -0.15) is 0 Å². The number of halogens is 1. The molecule has 8 nitrogen and oxygen atoms in total. The number of aliphatic imine (C=N–C) groups is 1.